The summed E-state index contributed by atoms with van der Waals surface area (Å²) in [5, 5.41) is 9.54. The molecule has 2 N–H and O–H groups in total. The molecule has 0 saturated heterocycles. The average Bonchev–Trinajstić information content (AvgIpc) is 3.15. The normalized spacial score (nSPS) is 20.6. The Morgan fingerprint density at radius 2 is 1.71 bits per heavy atom. The Morgan fingerprint density at radius 3 is 2.35 bits per heavy atom. The van der Waals surface area contributed by atoms with E-state index in [9.17, 15) is 18.3 Å². The van der Waals surface area contributed by atoms with Gasteiger partial charge in [-0.3, -0.25) is 14.8 Å². The van der Waals surface area contributed by atoms with E-state index in [1.165, 1.54) is 12.1 Å². The van der Waals surface area contributed by atoms with Crippen LogP contribution in [0, 0.1) is 0 Å². The first kappa shape index (κ1) is 24.1. The Kier molecular flexibility index (Phi) is 6.58. The molecule has 176 valence electrons. The molecule has 0 spiro atoms. The van der Waals surface area contributed by atoms with Crippen molar-refractivity contribution in [3.63, 3.8) is 0 Å². The average molecular weight is 498 g/mol. The van der Waals surface area contributed by atoms with Crippen molar-refractivity contribution in [2.45, 2.75) is 42.6 Å². The third-order valence-corrected chi connectivity index (χ3v) is 7.50. The molecule has 2 aromatic carbocycles. The van der Waals surface area contributed by atoms with Crippen LogP contribution in [-0.4, -0.2) is 42.0 Å². The summed E-state index contributed by atoms with van der Waals surface area (Å²) in [7, 11) is -4.05. The van der Waals surface area contributed by atoms with E-state index in [-0.39, 0.29) is 11.3 Å². The zero-order chi connectivity index (χ0) is 24.5. The predicted octanol–water partition coefficient (Wildman–Crippen LogP) is 3.90. The minimum Gasteiger partial charge on any atom is -0.480 e. The molecule has 2 aliphatic rings. The summed E-state index contributed by atoms with van der Waals surface area (Å²) in [5.74, 6) is -1.25. The van der Waals surface area contributed by atoms with Crippen molar-refractivity contribution in [1.82, 2.24) is 4.72 Å². The van der Waals surface area contributed by atoms with Gasteiger partial charge in [0, 0.05) is 23.4 Å². The fraction of sp³-hybridized carbons (Fsp3) is 0.240. The highest BCUT2D eigenvalue weighted by atomic mass is 35.5. The molecule has 2 atom stereocenters. The van der Waals surface area contributed by atoms with Gasteiger partial charge in [-0.2, -0.15) is 4.72 Å². The summed E-state index contributed by atoms with van der Waals surface area (Å²) in [6.07, 6.45) is 4.18. The Balaban J connectivity index is 1.51. The molecule has 2 aliphatic heterocycles. The fourth-order valence-corrected chi connectivity index (χ4v) is 5.66. The number of aliphatic carboxylic acids is 1. The number of fused-ring (bicyclic) bond motifs is 1. The highest BCUT2D eigenvalue weighted by Gasteiger charge is 2.38. The maximum atomic E-state index is 12.9. The minimum absolute atomic E-state index is 0.0256. The van der Waals surface area contributed by atoms with Crippen LogP contribution in [-0.2, 0) is 27.7 Å². The molecular weight excluding hydrogens is 474 g/mol. The number of aliphatic imine (C=N–C) groups is 2. The number of hydrogen-bond donors (Lipinski definition) is 2. The highest BCUT2D eigenvalue weighted by Crippen LogP contribution is 2.41. The molecule has 0 bridgehead atoms. The van der Waals surface area contributed by atoms with Crippen molar-refractivity contribution < 1.29 is 18.3 Å². The van der Waals surface area contributed by atoms with Gasteiger partial charge >= 0.3 is 5.97 Å². The molecule has 0 saturated carbocycles. The molecule has 0 aliphatic carbocycles. The van der Waals surface area contributed by atoms with E-state index in [0.29, 0.717) is 6.42 Å². The largest absolute Gasteiger partial charge is 0.480 e. The van der Waals surface area contributed by atoms with E-state index >= 15 is 0 Å². The van der Waals surface area contributed by atoms with Gasteiger partial charge in [-0.05, 0) is 55.7 Å². The fourth-order valence-electron chi connectivity index (χ4n) is 4.03. The summed E-state index contributed by atoms with van der Waals surface area (Å²) < 4.78 is 28.1. The maximum Gasteiger partial charge on any atom is 0.322 e. The first-order valence-corrected chi connectivity index (χ1v) is 12.5. The molecule has 0 radical (unpaired) electrons. The lowest BCUT2D eigenvalue weighted by atomic mass is 9.94. The van der Waals surface area contributed by atoms with Crippen LogP contribution in [0.1, 0.15) is 25.0 Å². The second-order valence-electron chi connectivity index (χ2n) is 8.38. The molecule has 2 heterocycles. The van der Waals surface area contributed by atoms with Crippen LogP contribution >= 0.6 is 11.6 Å². The van der Waals surface area contributed by atoms with Crippen molar-refractivity contribution in [2.75, 3.05) is 0 Å². The number of carboxylic acids is 1. The molecule has 9 heteroatoms. The van der Waals surface area contributed by atoms with Crippen LogP contribution in [0.25, 0.3) is 0 Å². The second kappa shape index (κ2) is 9.29. The van der Waals surface area contributed by atoms with Gasteiger partial charge in [0.1, 0.15) is 6.04 Å². The van der Waals surface area contributed by atoms with Crippen LogP contribution < -0.4 is 4.72 Å². The van der Waals surface area contributed by atoms with Crippen LogP contribution in [0.4, 0.5) is 0 Å². The Hall–Kier alpha value is -3.07. The summed E-state index contributed by atoms with van der Waals surface area (Å²) in [6, 6.07) is 13.8. The second-order valence-corrected chi connectivity index (χ2v) is 10.7. The smallest absolute Gasteiger partial charge is 0.322 e. The number of sulfonamides is 1. The van der Waals surface area contributed by atoms with Crippen molar-refractivity contribution in [1.29, 1.82) is 0 Å². The van der Waals surface area contributed by atoms with Gasteiger partial charge in [0.25, 0.3) is 0 Å². The number of benzene rings is 2. The van der Waals surface area contributed by atoms with Crippen molar-refractivity contribution in [3.8, 4) is 0 Å². The van der Waals surface area contributed by atoms with Gasteiger partial charge < -0.3 is 5.11 Å². The van der Waals surface area contributed by atoms with Gasteiger partial charge in [-0.1, -0.05) is 54.1 Å². The number of nitrogens with one attached hydrogen (secondary N) is 1. The zero-order valence-corrected chi connectivity index (χ0v) is 20.3. The van der Waals surface area contributed by atoms with E-state index < -0.39 is 27.0 Å². The van der Waals surface area contributed by atoms with Gasteiger partial charge in [-0.25, -0.2) is 8.42 Å². The molecule has 4 rings (SSSR count). The van der Waals surface area contributed by atoms with Crippen LogP contribution in [0.5, 0.6) is 0 Å². The minimum atomic E-state index is -4.05. The standard InChI is InChI=1S/C25H24ClN3O4S/c1-16-12-21-22(27-16)13-17(2)28-25(21,26)15-19-8-10-20(11-9-19)34(32,33)29-23(24(30)31)14-18-6-4-3-5-7-18/h3-13,23,29H,14-15H2,1-2H3,(H,30,31)/t23-,25?/m1/s1. The molecule has 0 fully saturated rings. The number of carbonyl (C=O) groups is 1. The van der Waals surface area contributed by atoms with E-state index in [1.807, 2.05) is 32.1 Å². The third kappa shape index (κ3) is 5.19. The quantitative estimate of drug-likeness (QED) is 0.426. The first-order valence-electron chi connectivity index (χ1n) is 10.7. The van der Waals surface area contributed by atoms with E-state index in [0.717, 1.165) is 33.8 Å². The van der Waals surface area contributed by atoms with Crippen LogP contribution in [0.2, 0.25) is 0 Å². The topological polar surface area (TPSA) is 108 Å². The van der Waals surface area contributed by atoms with Gasteiger partial charge in [0.05, 0.1) is 10.6 Å². The number of carboxylic acid groups (broad SMARTS) is 1. The number of rotatable bonds is 8. The Morgan fingerprint density at radius 1 is 1.03 bits per heavy atom. The van der Waals surface area contributed by atoms with Gasteiger partial charge in [0.15, 0.2) is 5.00 Å². The monoisotopic (exact) mass is 497 g/mol. The maximum absolute atomic E-state index is 12.9. The number of nitrogens with zero attached hydrogens (tertiary/aromatic N) is 2. The third-order valence-electron chi connectivity index (χ3n) is 5.59. The number of dihydropyridines is 1. The molecule has 2 aromatic rings. The van der Waals surface area contributed by atoms with Crippen LogP contribution in [0.3, 0.4) is 0 Å². The molecule has 34 heavy (non-hydrogen) atoms. The van der Waals surface area contributed by atoms with E-state index in [1.54, 1.807) is 36.4 Å². The van der Waals surface area contributed by atoms with E-state index in [4.69, 9.17) is 11.6 Å². The van der Waals surface area contributed by atoms with Gasteiger partial charge in [-0.15, -0.1) is 0 Å². The van der Waals surface area contributed by atoms with Crippen molar-refractivity contribution >= 4 is 39.0 Å². The summed E-state index contributed by atoms with van der Waals surface area (Å²) in [4.78, 5) is 19.8. The van der Waals surface area contributed by atoms with E-state index in [2.05, 4.69) is 14.7 Å². The lowest BCUT2D eigenvalue weighted by molar-refractivity contribution is -0.138. The van der Waals surface area contributed by atoms with Crippen LogP contribution in [0.15, 0.2) is 92.9 Å². The Bertz CT molecular complexity index is 1350. The zero-order valence-electron chi connectivity index (χ0n) is 18.7. The summed E-state index contributed by atoms with van der Waals surface area (Å²) >= 11 is 6.92. The number of alkyl halides is 1. The summed E-state index contributed by atoms with van der Waals surface area (Å²) in [5.41, 5.74) is 4.74. The predicted molar refractivity (Wildman–Crippen MR) is 133 cm³/mol. The molecular formula is C25H24ClN3O4S. The first-order chi connectivity index (χ1) is 16.1. The lowest BCUT2D eigenvalue weighted by Gasteiger charge is -2.28. The highest BCUT2D eigenvalue weighted by molar-refractivity contribution is 7.89. The molecule has 7 nitrogen and oxygen atoms in total. The number of allylic oxidation sites excluding steroid dienone is 2. The number of hydrogen-bond acceptors (Lipinski definition) is 5. The molecule has 0 amide bonds. The summed E-state index contributed by atoms with van der Waals surface area (Å²) in [6.45, 7) is 3.76. The van der Waals surface area contributed by atoms with Crippen molar-refractivity contribution in [3.05, 3.63) is 89.1 Å². The molecule has 0 aromatic heterocycles. The Labute approximate surface area is 203 Å². The number of halogens is 1. The van der Waals surface area contributed by atoms with Crippen molar-refractivity contribution in [2.24, 2.45) is 9.98 Å². The lowest BCUT2D eigenvalue weighted by Crippen LogP contribution is -2.42. The molecule has 1 unspecified atom stereocenters. The van der Waals surface area contributed by atoms with Gasteiger partial charge in [0.2, 0.25) is 10.0 Å². The SMILES string of the molecule is CC1=NC2=CC(C)=NC(Cl)(Cc3ccc(S(=O)(=O)N[C@H](Cc4ccccc4)C(=O)O)cc3)C2=C1.